The summed E-state index contributed by atoms with van der Waals surface area (Å²) in [4.78, 5) is 16.5. The Labute approximate surface area is 225 Å². The molecule has 0 aliphatic rings. The summed E-state index contributed by atoms with van der Waals surface area (Å²) in [6.45, 7) is 1.64. The minimum Gasteiger partial charge on any atom is -0.493 e. The fourth-order valence-electron chi connectivity index (χ4n) is 4.34. The fourth-order valence-corrected chi connectivity index (χ4v) is 4.34. The molecule has 4 rings (SSSR count). The minimum atomic E-state index is -5.02. The number of aromatic amines is 1. The second-order valence-electron chi connectivity index (χ2n) is 9.27. The number of aliphatic hydroxyl groups excluding tert-OH is 1. The summed E-state index contributed by atoms with van der Waals surface area (Å²) in [5.41, 5.74) is -1.70. The Balaban J connectivity index is 1.69. The summed E-state index contributed by atoms with van der Waals surface area (Å²) in [6.07, 6.45) is -7.42. The maximum absolute atomic E-state index is 13.4. The summed E-state index contributed by atoms with van der Waals surface area (Å²) in [5, 5.41) is 13.6. The second kappa shape index (κ2) is 11.6. The zero-order valence-electron chi connectivity index (χ0n) is 21.3. The van der Waals surface area contributed by atoms with Crippen molar-refractivity contribution in [1.82, 2.24) is 10.3 Å². The van der Waals surface area contributed by atoms with Crippen molar-refractivity contribution in [2.75, 3.05) is 13.2 Å². The van der Waals surface area contributed by atoms with Crippen LogP contribution in [0.15, 0.2) is 66.9 Å². The van der Waals surface area contributed by atoms with E-state index in [0.29, 0.717) is 18.6 Å². The van der Waals surface area contributed by atoms with Crippen molar-refractivity contribution in [1.29, 1.82) is 0 Å². The van der Waals surface area contributed by atoms with Crippen LogP contribution in [-0.4, -0.2) is 35.3 Å². The minimum absolute atomic E-state index is 0.0391. The van der Waals surface area contributed by atoms with Crippen LogP contribution in [0.1, 0.15) is 40.4 Å². The molecule has 0 aliphatic carbocycles. The van der Waals surface area contributed by atoms with E-state index in [-0.39, 0.29) is 41.5 Å². The van der Waals surface area contributed by atoms with Gasteiger partial charge in [-0.05, 0) is 65.9 Å². The maximum Gasteiger partial charge on any atom is 0.416 e. The number of hydrogen-bond acceptors (Lipinski definition) is 3. The topological polar surface area (TPSA) is 74.3 Å². The van der Waals surface area contributed by atoms with Crippen LogP contribution in [0.5, 0.6) is 5.75 Å². The highest BCUT2D eigenvalue weighted by molar-refractivity contribution is 5.98. The number of nitrogens with one attached hydrogen (secondary N) is 2. The highest BCUT2D eigenvalue weighted by Crippen LogP contribution is 2.39. The molecule has 3 N–H and O–H groups in total. The molecule has 5 nitrogen and oxygen atoms in total. The van der Waals surface area contributed by atoms with Crippen LogP contribution in [0.25, 0.3) is 22.0 Å². The van der Waals surface area contributed by atoms with Gasteiger partial charge in [0.2, 0.25) is 0 Å². The molecule has 11 heteroatoms. The lowest BCUT2D eigenvalue weighted by Crippen LogP contribution is -2.39. The van der Waals surface area contributed by atoms with E-state index in [1.54, 1.807) is 6.20 Å². The Kier molecular flexibility index (Phi) is 8.43. The monoisotopic (exact) mass is 564 g/mol. The number of fused-ring (bicyclic) bond motifs is 1. The zero-order valence-corrected chi connectivity index (χ0v) is 21.3. The summed E-state index contributed by atoms with van der Waals surface area (Å²) >= 11 is 0. The second-order valence-corrected chi connectivity index (χ2v) is 9.27. The van der Waals surface area contributed by atoms with Crippen LogP contribution < -0.4 is 10.1 Å². The van der Waals surface area contributed by atoms with Crippen LogP contribution in [0.4, 0.5) is 26.3 Å². The van der Waals surface area contributed by atoms with Gasteiger partial charge in [0.05, 0.1) is 35.9 Å². The summed E-state index contributed by atoms with van der Waals surface area (Å²) in [7, 11) is 0. The van der Waals surface area contributed by atoms with Gasteiger partial charge in [0.1, 0.15) is 5.75 Å². The molecular formula is C29H26F6N2O3. The Bertz CT molecular complexity index is 1460. The number of rotatable bonds is 9. The summed E-state index contributed by atoms with van der Waals surface area (Å²) < 4.78 is 86.2. The van der Waals surface area contributed by atoms with Crippen molar-refractivity contribution < 1.29 is 41.0 Å². The van der Waals surface area contributed by atoms with Gasteiger partial charge in [0, 0.05) is 17.1 Å². The van der Waals surface area contributed by atoms with Gasteiger partial charge in [-0.1, -0.05) is 31.2 Å². The van der Waals surface area contributed by atoms with Gasteiger partial charge in [0.25, 0.3) is 5.91 Å². The Hall–Kier alpha value is -3.99. The third-order valence-electron chi connectivity index (χ3n) is 6.30. The van der Waals surface area contributed by atoms with E-state index >= 15 is 0 Å². The molecule has 0 fully saturated rings. The maximum atomic E-state index is 13.4. The number of aliphatic hydroxyl groups is 1. The first-order valence-electron chi connectivity index (χ1n) is 12.4. The lowest BCUT2D eigenvalue weighted by molar-refractivity contribution is -0.143. The number of para-hydroxylation sites is 1. The van der Waals surface area contributed by atoms with Crippen LogP contribution in [0.3, 0.4) is 0 Å². The predicted octanol–water partition coefficient (Wildman–Crippen LogP) is 6.99. The summed E-state index contributed by atoms with van der Waals surface area (Å²) in [6, 6.07) is 11.8. The third kappa shape index (κ3) is 6.59. The van der Waals surface area contributed by atoms with Crippen molar-refractivity contribution in [3.63, 3.8) is 0 Å². The van der Waals surface area contributed by atoms with Crippen molar-refractivity contribution in [3.05, 3.63) is 89.1 Å². The molecule has 40 heavy (non-hydrogen) atoms. The SMILES string of the molecule is CCCOc1ccc(-c2cc(C(F)(F)F)cc(C(F)(F)F)c2)cc1C(=O)N[C@H](CO)Cc1c[nH]c2ccccc12. The Morgan fingerprint density at radius 2 is 1.62 bits per heavy atom. The molecule has 212 valence electrons. The average molecular weight is 565 g/mol. The Morgan fingerprint density at radius 3 is 2.25 bits per heavy atom. The highest BCUT2D eigenvalue weighted by Gasteiger charge is 2.37. The molecule has 0 aliphatic heterocycles. The van der Waals surface area contributed by atoms with Gasteiger partial charge in [-0.15, -0.1) is 0 Å². The van der Waals surface area contributed by atoms with E-state index in [9.17, 15) is 36.2 Å². The molecule has 1 aromatic heterocycles. The first kappa shape index (κ1) is 29.0. The van der Waals surface area contributed by atoms with Crippen LogP contribution in [0, 0.1) is 0 Å². The first-order valence-corrected chi connectivity index (χ1v) is 12.4. The molecule has 0 saturated heterocycles. The normalized spacial score (nSPS) is 12.9. The molecule has 0 radical (unpaired) electrons. The van der Waals surface area contributed by atoms with E-state index in [1.165, 1.54) is 18.2 Å². The number of H-pyrrole nitrogens is 1. The van der Waals surface area contributed by atoms with Crippen molar-refractivity contribution in [3.8, 4) is 16.9 Å². The number of ether oxygens (including phenoxy) is 1. The number of hydrogen-bond donors (Lipinski definition) is 3. The van der Waals surface area contributed by atoms with Gasteiger partial charge in [-0.25, -0.2) is 0 Å². The number of alkyl halides is 6. The third-order valence-corrected chi connectivity index (χ3v) is 6.30. The highest BCUT2D eigenvalue weighted by atomic mass is 19.4. The average Bonchev–Trinajstić information content (AvgIpc) is 3.32. The lowest BCUT2D eigenvalue weighted by atomic mass is 9.97. The molecule has 4 aromatic rings. The van der Waals surface area contributed by atoms with E-state index in [1.807, 2.05) is 31.2 Å². The predicted molar refractivity (Wildman–Crippen MR) is 138 cm³/mol. The van der Waals surface area contributed by atoms with Gasteiger partial charge in [-0.2, -0.15) is 26.3 Å². The molecule has 0 saturated carbocycles. The molecule has 0 spiro atoms. The molecule has 1 amide bonds. The molecule has 1 heterocycles. The van der Waals surface area contributed by atoms with E-state index in [2.05, 4.69) is 10.3 Å². The number of carbonyl (C=O) groups is 1. The van der Waals surface area contributed by atoms with Gasteiger partial charge >= 0.3 is 12.4 Å². The Morgan fingerprint density at radius 1 is 0.950 bits per heavy atom. The smallest absolute Gasteiger partial charge is 0.416 e. The van der Waals surface area contributed by atoms with Crippen LogP contribution in [-0.2, 0) is 18.8 Å². The zero-order chi connectivity index (χ0) is 29.1. The fraction of sp³-hybridized carbons (Fsp3) is 0.276. The standard InChI is InChI=1S/C29H26F6N2O3/c1-2-9-40-26-8-7-17(18-10-20(28(30,31)32)14-21(11-18)29(33,34)35)13-24(26)27(39)37-22(16-38)12-19-15-36-25-6-4-3-5-23(19)25/h3-8,10-11,13-15,22,36,38H,2,9,12,16H2,1H3,(H,37,39)/t22-/m0/s1. The van der Waals surface area contributed by atoms with Gasteiger partial charge in [0.15, 0.2) is 0 Å². The van der Waals surface area contributed by atoms with E-state index < -0.39 is 42.0 Å². The van der Waals surface area contributed by atoms with Gasteiger partial charge in [-0.3, -0.25) is 4.79 Å². The van der Waals surface area contributed by atoms with Crippen LogP contribution in [0.2, 0.25) is 0 Å². The molecule has 3 aromatic carbocycles. The number of benzene rings is 3. The largest absolute Gasteiger partial charge is 0.493 e. The van der Waals surface area contributed by atoms with Gasteiger partial charge < -0.3 is 20.1 Å². The van der Waals surface area contributed by atoms with E-state index in [0.717, 1.165) is 16.5 Å². The molecule has 0 bridgehead atoms. The van der Waals surface area contributed by atoms with Crippen LogP contribution >= 0.6 is 0 Å². The molecule has 1 atom stereocenters. The molecular weight excluding hydrogens is 538 g/mol. The lowest BCUT2D eigenvalue weighted by Gasteiger charge is -2.19. The van der Waals surface area contributed by atoms with Crippen molar-refractivity contribution in [2.24, 2.45) is 0 Å². The summed E-state index contributed by atoms with van der Waals surface area (Å²) in [5.74, 6) is -0.593. The quantitative estimate of drug-likeness (QED) is 0.192. The number of amides is 1. The number of carbonyl (C=O) groups excluding carboxylic acids is 1. The molecule has 0 unspecified atom stereocenters. The van der Waals surface area contributed by atoms with Crippen molar-refractivity contribution >= 4 is 16.8 Å². The number of aromatic nitrogens is 1. The number of halogens is 6. The van der Waals surface area contributed by atoms with Crippen molar-refractivity contribution in [2.45, 2.75) is 38.2 Å². The first-order chi connectivity index (χ1) is 18.9. The van der Waals surface area contributed by atoms with E-state index in [4.69, 9.17) is 4.74 Å².